The number of aromatic nitrogens is 3. The number of hydrogen-bond acceptors (Lipinski definition) is 3. The molecule has 0 saturated carbocycles. The number of nitrogens with zero attached hydrogens (tertiary/aromatic N) is 3. The maximum Gasteiger partial charge on any atom is 0.352 e. The Labute approximate surface area is 109 Å². The molecule has 2 heterocycles. The van der Waals surface area contributed by atoms with Crippen molar-refractivity contribution < 1.29 is 9.90 Å². The Bertz CT molecular complexity index is 763. The molecule has 0 spiro atoms. The van der Waals surface area contributed by atoms with E-state index < -0.39 is 5.97 Å². The van der Waals surface area contributed by atoms with E-state index in [4.69, 9.17) is 5.11 Å². The molecule has 1 N–H and O–H groups in total. The van der Waals surface area contributed by atoms with Gasteiger partial charge in [0.05, 0.1) is 5.69 Å². The maximum atomic E-state index is 11.2. The van der Waals surface area contributed by atoms with Crippen molar-refractivity contribution in [2.75, 3.05) is 0 Å². The number of hydrogen-bond donors (Lipinski definition) is 1. The summed E-state index contributed by atoms with van der Waals surface area (Å²) in [7, 11) is 1.69. The number of fused-ring (bicyclic) bond motifs is 1. The van der Waals surface area contributed by atoms with Gasteiger partial charge in [0.2, 0.25) is 0 Å². The van der Waals surface area contributed by atoms with Crippen LogP contribution in [0.5, 0.6) is 0 Å². The molecule has 1 aromatic carbocycles. The summed E-state index contributed by atoms with van der Waals surface area (Å²) in [4.78, 5) is 19.6. The lowest BCUT2D eigenvalue weighted by Crippen LogP contribution is -2.04. The Hall–Kier alpha value is -2.69. The first-order chi connectivity index (χ1) is 9.18. The predicted molar refractivity (Wildman–Crippen MR) is 70.9 cm³/mol. The van der Waals surface area contributed by atoms with Crippen molar-refractivity contribution in [3.63, 3.8) is 0 Å². The monoisotopic (exact) mass is 253 g/mol. The summed E-state index contributed by atoms with van der Waals surface area (Å²) in [5, 5.41) is 9.90. The molecule has 0 fully saturated rings. The second kappa shape index (κ2) is 4.20. The SMILES string of the molecule is Cn1c(C(=O)O)cc2c(-c3ccccc3)ncnc21. The van der Waals surface area contributed by atoms with Crippen LogP contribution in [0.3, 0.4) is 0 Å². The summed E-state index contributed by atoms with van der Waals surface area (Å²) in [6.45, 7) is 0. The van der Waals surface area contributed by atoms with Gasteiger partial charge in [-0.3, -0.25) is 0 Å². The first-order valence-electron chi connectivity index (χ1n) is 5.77. The molecule has 5 nitrogen and oxygen atoms in total. The molecule has 0 aliphatic rings. The van der Waals surface area contributed by atoms with Crippen LogP contribution in [0.25, 0.3) is 22.3 Å². The van der Waals surface area contributed by atoms with Gasteiger partial charge in [0.15, 0.2) is 0 Å². The first-order valence-corrected chi connectivity index (χ1v) is 5.77. The third kappa shape index (κ3) is 1.76. The predicted octanol–water partition coefficient (Wildman–Crippen LogP) is 2.33. The number of carboxylic acid groups (broad SMARTS) is 1. The van der Waals surface area contributed by atoms with E-state index in [9.17, 15) is 4.79 Å². The van der Waals surface area contributed by atoms with Gasteiger partial charge in [-0.25, -0.2) is 14.8 Å². The summed E-state index contributed by atoms with van der Waals surface area (Å²) < 4.78 is 1.56. The minimum atomic E-state index is -0.973. The van der Waals surface area contributed by atoms with Crippen LogP contribution in [0.15, 0.2) is 42.7 Å². The molecule has 94 valence electrons. The topological polar surface area (TPSA) is 68.0 Å². The minimum absolute atomic E-state index is 0.202. The van der Waals surface area contributed by atoms with Crippen molar-refractivity contribution in [2.24, 2.45) is 7.05 Å². The van der Waals surface area contributed by atoms with Crippen molar-refractivity contribution in [3.05, 3.63) is 48.4 Å². The van der Waals surface area contributed by atoms with E-state index in [0.717, 1.165) is 16.6 Å². The molecule has 0 radical (unpaired) electrons. The molecule has 19 heavy (non-hydrogen) atoms. The van der Waals surface area contributed by atoms with Crippen LogP contribution in [0.2, 0.25) is 0 Å². The highest BCUT2D eigenvalue weighted by molar-refractivity contribution is 5.98. The van der Waals surface area contributed by atoms with E-state index >= 15 is 0 Å². The quantitative estimate of drug-likeness (QED) is 0.761. The Kier molecular flexibility index (Phi) is 2.52. The van der Waals surface area contributed by atoms with Gasteiger partial charge in [0.1, 0.15) is 17.7 Å². The Morgan fingerprint density at radius 2 is 1.95 bits per heavy atom. The van der Waals surface area contributed by atoms with Crippen LogP contribution >= 0.6 is 0 Å². The molecular formula is C14H11N3O2. The Morgan fingerprint density at radius 1 is 1.21 bits per heavy atom. The molecule has 3 rings (SSSR count). The van der Waals surface area contributed by atoms with E-state index in [0.29, 0.717) is 5.65 Å². The fourth-order valence-electron chi connectivity index (χ4n) is 2.17. The maximum absolute atomic E-state index is 11.2. The fraction of sp³-hybridized carbons (Fsp3) is 0.0714. The molecule has 0 amide bonds. The molecule has 3 aromatic rings. The third-order valence-electron chi connectivity index (χ3n) is 3.09. The summed E-state index contributed by atoms with van der Waals surface area (Å²) in [6.07, 6.45) is 1.45. The van der Waals surface area contributed by atoms with Gasteiger partial charge in [0.25, 0.3) is 0 Å². The highest BCUT2D eigenvalue weighted by Crippen LogP contribution is 2.27. The third-order valence-corrected chi connectivity index (χ3v) is 3.09. The lowest BCUT2D eigenvalue weighted by molar-refractivity contribution is 0.0687. The zero-order chi connectivity index (χ0) is 13.4. The molecular weight excluding hydrogens is 242 g/mol. The van der Waals surface area contributed by atoms with Crippen LogP contribution in [0.1, 0.15) is 10.5 Å². The van der Waals surface area contributed by atoms with Crippen LogP contribution in [-0.4, -0.2) is 25.6 Å². The lowest BCUT2D eigenvalue weighted by atomic mass is 10.1. The number of carboxylic acids is 1. The zero-order valence-electron chi connectivity index (χ0n) is 10.2. The van der Waals surface area contributed by atoms with Crippen molar-refractivity contribution in [1.82, 2.24) is 14.5 Å². The number of benzene rings is 1. The van der Waals surface area contributed by atoms with Crippen molar-refractivity contribution in [3.8, 4) is 11.3 Å². The molecule has 0 atom stereocenters. The summed E-state index contributed by atoms with van der Waals surface area (Å²) in [5.41, 5.74) is 2.50. The number of aromatic carboxylic acids is 1. The lowest BCUT2D eigenvalue weighted by Gasteiger charge is -2.02. The number of aryl methyl sites for hydroxylation is 1. The summed E-state index contributed by atoms with van der Waals surface area (Å²) in [6, 6.07) is 11.3. The summed E-state index contributed by atoms with van der Waals surface area (Å²) in [5.74, 6) is -0.973. The van der Waals surface area contributed by atoms with Gasteiger partial charge in [-0.2, -0.15) is 0 Å². The van der Waals surface area contributed by atoms with Crippen molar-refractivity contribution in [2.45, 2.75) is 0 Å². The Balaban J connectivity index is 2.33. The first kappa shape index (κ1) is 11.4. The van der Waals surface area contributed by atoms with E-state index in [1.165, 1.54) is 6.33 Å². The van der Waals surface area contributed by atoms with Crippen LogP contribution in [0.4, 0.5) is 0 Å². The molecule has 0 aliphatic carbocycles. The van der Waals surface area contributed by atoms with Crippen LogP contribution < -0.4 is 0 Å². The van der Waals surface area contributed by atoms with Crippen molar-refractivity contribution in [1.29, 1.82) is 0 Å². The average molecular weight is 253 g/mol. The van der Waals surface area contributed by atoms with Crippen LogP contribution in [0, 0.1) is 0 Å². The highest BCUT2D eigenvalue weighted by atomic mass is 16.4. The van der Waals surface area contributed by atoms with Crippen LogP contribution in [-0.2, 0) is 7.05 Å². The average Bonchev–Trinajstić information content (AvgIpc) is 2.78. The largest absolute Gasteiger partial charge is 0.477 e. The zero-order valence-corrected chi connectivity index (χ0v) is 10.2. The second-order valence-electron chi connectivity index (χ2n) is 4.22. The molecule has 2 aromatic heterocycles. The smallest absolute Gasteiger partial charge is 0.352 e. The van der Waals surface area contributed by atoms with Crippen molar-refractivity contribution >= 4 is 17.0 Å². The molecule has 0 saturated heterocycles. The van der Waals surface area contributed by atoms with Gasteiger partial charge in [-0.15, -0.1) is 0 Å². The molecule has 0 bridgehead atoms. The summed E-state index contributed by atoms with van der Waals surface area (Å²) >= 11 is 0. The fourth-order valence-corrected chi connectivity index (χ4v) is 2.17. The standard InChI is InChI=1S/C14H11N3O2/c1-17-11(14(18)19)7-10-12(15-8-16-13(10)17)9-5-3-2-4-6-9/h2-8H,1H3,(H,18,19). The normalized spacial score (nSPS) is 10.8. The number of carbonyl (C=O) groups is 1. The van der Waals surface area contributed by atoms with E-state index in [1.54, 1.807) is 17.7 Å². The molecule has 0 unspecified atom stereocenters. The van der Waals surface area contributed by atoms with E-state index in [-0.39, 0.29) is 5.69 Å². The van der Waals surface area contributed by atoms with Gasteiger partial charge >= 0.3 is 5.97 Å². The minimum Gasteiger partial charge on any atom is -0.477 e. The van der Waals surface area contributed by atoms with Gasteiger partial charge in [0, 0.05) is 18.0 Å². The second-order valence-corrected chi connectivity index (χ2v) is 4.22. The van der Waals surface area contributed by atoms with Gasteiger partial charge in [-0.05, 0) is 6.07 Å². The van der Waals surface area contributed by atoms with E-state index in [2.05, 4.69) is 9.97 Å². The highest BCUT2D eigenvalue weighted by Gasteiger charge is 2.16. The molecule has 0 aliphatic heterocycles. The van der Waals surface area contributed by atoms with E-state index in [1.807, 2.05) is 30.3 Å². The molecule has 5 heteroatoms. The van der Waals surface area contributed by atoms with Gasteiger partial charge in [-0.1, -0.05) is 30.3 Å². The van der Waals surface area contributed by atoms with Gasteiger partial charge < -0.3 is 9.67 Å². The Morgan fingerprint density at radius 3 is 2.63 bits per heavy atom. The number of rotatable bonds is 2.